The van der Waals surface area contributed by atoms with Gasteiger partial charge in [-0.05, 0) is 22.9 Å². The van der Waals surface area contributed by atoms with Gasteiger partial charge in [-0.2, -0.15) is 8.42 Å². The minimum Gasteiger partial charge on any atom is -0.262 e. The molecule has 0 spiro atoms. The Bertz CT molecular complexity index is 645. The Morgan fingerprint density at radius 2 is 1.82 bits per heavy atom. The van der Waals surface area contributed by atoms with Crippen LogP contribution in [-0.2, 0) is 14.3 Å². The summed E-state index contributed by atoms with van der Waals surface area (Å²) in [7, 11) is -3.69. The molecule has 0 saturated carbocycles. The molecule has 2 aromatic rings. The third-order valence-electron chi connectivity index (χ3n) is 2.35. The molecule has 0 radical (unpaired) electrons. The van der Waals surface area contributed by atoms with Crippen LogP contribution in [-0.4, -0.2) is 15.0 Å². The van der Waals surface area contributed by atoms with Crippen LogP contribution in [0.25, 0.3) is 10.8 Å². The van der Waals surface area contributed by atoms with Crippen molar-refractivity contribution in [3.63, 3.8) is 0 Å². The third-order valence-corrected chi connectivity index (χ3v) is 3.63. The van der Waals surface area contributed by atoms with Crippen molar-refractivity contribution in [3.8, 4) is 0 Å². The van der Waals surface area contributed by atoms with Crippen LogP contribution in [0.2, 0.25) is 0 Å². The van der Waals surface area contributed by atoms with Gasteiger partial charge in [0, 0.05) is 0 Å². The Balaban J connectivity index is 2.46. The number of rotatable bonds is 4. The van der Waals surface area contributed by atoms with Crippen molar-refractivity contribution in [2.24, 2.45) is 0 Å². The summed E-state index contributed by atoms with van der Waals surface area (Å²) in [5, 5.41) is 1.87. The Labute approximate surface area is 100 Å². The quantitative estimate of drug-likeness (QED) is 0.617. The van der Waals surface area contributed by atoms with Crippen LogP contribution in [0.15, 0.2) is 60.0 Å². The second-order valence-electron chi connectivity index (χ2n) is 3.54. The summed E-state index contributed by atoms with van der Waals surface area (Å²) in [6.45, 7) is 3.40. The van der Waals surface area contributed by atoms with Crippen molar-refractivity contribution in [1.29, 1.82) is 0 Å². The van der Waals surface area contributed by atoms with E-state index >= 15 is 0 Å². The molecular weight excluding hydrogens is 236 g/mol. The van der Waals surface area contributed by atoms with E-state index in [1.807, 2.05) is 24.3 Å². The Hall–Kier alpha value is -1.65. The van der Waals surface area contributed by atoms with E-state index in [1.165, 1.54) is 6.08 Å². The predicted octanol–water partition coefficient (Wildman–Crippen LogP) is 2.73. The lowest BCUT2D eigenvalue weighted by Gasteiger charge is -2.04. The van der Waals surface area contributed by atoms with Gasteiger partial charge >= 0.3 is 0 Å². The maximum absolute atomic E-state index is 11.8. The number of hydrogen-bond donors (Lipinski definition) is 0. The van der Waals surface area contributed by atoms with E-state index in [0.29, 0.717) is 0 Å². The van der Waals surface area contributed by atoms with Gasteiger partial charge in [-0.25, -0.2) is 0 Å². The van der Waals surface area contributed by atoms with E-state index in [1.54, 1.807) is 18.2 Å². The molecule has 2 rings (SSSR count). The van der Waals surface area contributed by atoms with Gasteiger partial charge in [-0.1, -0.05) is 36.4 Å². The largest absolute Gasteiger partial charge is 0.297 e. The van der Waals surface area contributed by atoms with E-state index in [0.717, 1.165) is 10.8 Å². The topological polar surface area (TPSA) is 43.4 Å². The Kier molecular flexibility index (Phi) is 3.26. The van der Waals surface area contributed by atoms with Crippen molar-refractivity contribution >= 4 is 20.9 Å². The van der Waals surface area contributed by atoms with Crippen LogP contribution in [0.3, 0.4) is 0 Å². The molecule has 0 bridgehead atoms. The second-order valence-corrected chi connectivity index (χ2v) is 5.15. The molecule has 0 heterocycles. The fourth-order valence-corrected chi connectivity index (χ4v) is 2.45. The molecule has 0 N–H and O–H groups in total. The van der Waals surface area contributed by atoms with Crippen LogP contribution in [0, 0.1) is 0 Å². The first-order chi connectivity index (χ1) is 8.13. The summed E-state index contributed by atoms with van der Waals surface area (Å²) >= 11 is 0. The van der Waals surface area contributed by atoms with E-state index in [2.05, 4.69) is 6.58 Å². The highest BCUT2D eigenvalue weighted by Crippen LogP contribution is 2.20. The van der Waals surface area contributed by atoms with E-state index in [-0.39, 0.29) is 11.5 Å². The highest BCUT2D eigenvalue weighted by molar-refractivity contribution is 7.86. The van der Waals surface area contributed by atoms with Gasteiger partial charge in [0.25, 0.3) is 10.1 Å². The molecule has 0 aliphatic heterocycles. The average Bonchev–Trinajstić information content (AvgIpc) is 2.36. The van der Waals surface area contributed by atoms with Gasteiger partial charge in [0.15, 0.2) is 0 Å². The van der Waals surface area contributed by atoms with Gasteiger partial charge in [0.05, 0.1) is 11.5 Å². The smallest absolute Gasteiger partial charge is 0.262 e. The Morgan fingerprint density at radius 3 is 2.53 bits per heavy atom. The zero-order valence-corrected chi connectivity index (χ0v) is 9.98. The van der Waals surface area contributed by atoms with E-state index in [9.17, 15) is 8.42 Å². The summed E-state index contributed by atoms with van der Waals surface area (Å²) in [4.78, 5) is 0.165. The third kappa shape index (κ3) is 2.54. The average molecular weight is 248 g/mol. The fourth-order valence-electron chi connectivity index (χ4n) is 1.53. The maximum Gasteiger partial charge on any atom is 0.297 e. The highest BCUT2D eigenvalue weighted by atomic mass is 32.2. The van der Waals surface area contributed by atoms with E-state index < -0.39 is 10.1 Å². The van der Waals surface area contributed by atoms with Gasteiger partial charge in [-0.3, -0.25) is 4.18 Å². The molecule has 0 fully saturated rings. The minimum atomic E-state index is -3.69. The summed E-state index contributed by atoms with van der Waals surface area (Å²) in [5.41, 5.74) is 0. The molecule has 0 atom stereocenters. The Morgan fingerprint density at radius 1 is 1.12 bits per heavy atom. The molecule has 0 aliphatic carbocycles. The van der Waals surface area contributed by atoms with Crippen LogP contribution < -0.4 is 0 Å². The van der Waals surface area contributed by atoms with Gasteiger partial charge < -0.3 is 0 Å². The molecule has 4 heteroatoms. The molecule has 3 nitrogen and oxygen atoms in total. The number of hydrogen-bond acceptors (Lipinski definition) is 3. The monoisotopic (exact) mass is 248 g/mol. The molecule has 88 valence electrons. The summed E-state index contributed by atoms with van der Waals surface area (Å²) in [6.07, 6.45) is 1.40. The van der Waals surface area contributed by atoms with Crippen LogP contribution in [0.1, 0.15) is 0 Å². The fraction of sp³-hybridized carbons (Fsp3) is 0.0769. The maximum atomic E-state index is 11.8. The van der Waals surface area contributed by atoms with Crippen molar-refractivity contribution < 1.29 is 12.6 Å². The molecule has 0 aromatic heterocycles. The van der Waals surface area contributed by atoms with Crippen molar-refractivity contribution in [2.75, 3.05) is 6.61 Å². The molecule has 17 heavy (non-hydrogen) atoms. The van der Waals surface area contributed by atoms with Crippen molar-refractivity contribution in [2.45, 2.75) is 4.90 Å². The van der Waals surface area contributed by atoms with Crippen LogP contribution in [0.4, 0.5) is 0 Å². The predicted molar refractivity (Wildman–Crippen MR) is 67.3 cm³/mol. The first-order valence-corrected chi connectivity index (χ1v) is 6.53. The van der Waals surface area contributed by atoms with Gasteiger partial charge in [0.2, 0.25) is 0 Å². The molecule has 0 aliphatic rings. The second kappa shape index (κ2) is 4.69. The SMILES string of the molecule is C=CCOS(=O)(=O)c1ccc2ccccc2c1. The minimum absolute atomic E-state index is 0.0187. The zero-order valence-electron chi connectivity index (χ0n) is 9.17. The molecule has 2 aromatic carbocycles. The molecule has 0 saturated heterocycles. The summed E-state index contributed by atoms with van der Waals surface area (Å²) in [5.74, 6) is 0. The lowest BCUT2D eigenvalue weighted by atomic mass is 10.1. The highest BCUT2D eigenvalue weighted by Gasteiger charge is 2.14. The zero-order chi connectivity index (χ0) is 12.3. The first-order valence-electron chi connectivity index (χ1n) is 5.12. The molecule has 0 unspecified atom stereocenters. The van der Waals surface area contributed by atoms with Crippen molar-refractivity contribution in [3.05, 3.63) is 55.1 Å². The first kappa shape index (κ1) is 11.8. The normalized spacial score (nSPS) is 11.5. The molecular formula is C13H12O3S. The number of benzene rings is 2. The van der Waals surface area contributed by atoms with Crippen LogP contribution in [0.5, 0.6) is 0 Å². The van der Waals surface area contributed by atoms with Gasteiger partial charge in [0.1, 0.15) is 0 Å². The van der Waals surface area contributed by atoms with Crippen molar-refractivity contribution in [1.82, 2.24) is 0 Å². The molecule has 0 amide bonds. The lowest BCUT2D eigenvalue weighted by Crippen LogP contribution is -2.06. The number of fused-ring (bicyclic) bond motifs is 1. The standard InChI is InChI=1S/C13H12O3S/c1-2-9-16-17(14,15)13-8-7-11-5-3-4-6-12(11)10-13/h2-8,10H,1,9H2. The summed E-state index contributed by atoms with van der Waals surface area (Å²) < 4.78 is 28.3. The summed E-state index contributed by atoms with van der Waals surface area (Å²) in [6, 6.07) is 12.5. The van der Waals surface area contributed by atoms with Gasteiger partial charge in [-0.15, -0.1) is 6.58 Å². The lowest BCUT2D eigenvalue weighted by molar-refractivity contribution is 0.357. The van der Waals surface area contributed by atoms with E-state index in [4.69, 9.17) is 4.18 Å². The van der Waals surface area contributed by atoms with Crippen LogP contribution >= 0.6 is 0 Å².